The van der Waals surface area contributed by atoms with Crippen molar-refractivity contribution in [1.29, 1.82) is 0 Å². The van der Waals surface area contributed by atoms with Crippen LogP contribution in [0.25, 0.3) is 0 Å². The van der Waals surface area contributed by atoms with Crippen LogP contribution in [0.1, 0.15) is 30.5 Å². The zero-order valence-corrected chi connectivity index (χ0v) is 22.1. The monoisotopic (exact) mass is 530 g/mol. The molecule has 0 bridgehead atoms. The van der Waals surface area contributed by atoms with Crippen LogP contribution in [0, 0.1) is 5.92 Å². The van der Waals surface area contributed by atoms with E-state index in [-0.39, 0.29) is 30.7 Å². The summed E-state index contributed by atoms with van der Waals surface area (Å²) in [5.74, 6) is -0.122. The number of amides is 2. The molecule has 0 unspecified atom stereocenters. The Hall–Kier alpha value is -2.53. The van der Waals surface area contributed by atoms with Crippen LogP contribution in [0.15, 0.2) is 72.8 Å². The first-order chi connectivity index (χ1) is 16.7. The summed E-state index contributed by atoms with van der Waals surface area (Å²) in [6.45, 7) is 4.74. The normalized spacial score (nSPS) is 11.8. The molecule has 35 heavy (non-hydrogen) atoms. The summed E-state index contributed by atoms with van der Waals surface area (Å²) in [5, 5.41) is 4.52. The lowest BCUT2D eigenvalue weighted by Crippen LogP contribution is -2.51. The second kappa shape index (κ2) is 13.0. The predicted molar refractivity (Wildman–Crippen MR) is 144 cm³/mol. The van der Waals surface area contributed by atoms with E-state index in [2.05, 4.69) is 5.32 Å². The number of nitrogens with zero attached hydrogens (tertiary/aromatic N) is 1. The van der Waals surface area contributed by atoms with Crippen LogP contribution >= 0.6 is 34.8 Å². The smallest absolute Gasteiger partial charge is 0.243 e. The summed E-state index contributed by atoms with van der Waals surface area (Å²) in [6, 6.07) is 21.3. The van der Waals surface area contributed by atoms with E-state index < -0.39 is 6.04 Å². The van der Waals surface area contributed by atoms with Gasteiger partial charge in [0.2, 0.25) is 11.8 Å². The second-order valence-electron chi connectivity index (χ2n) is 8.91. The Morgan fingerprint density at radius 1 is 0.857 bits per heavy atom. The fourth-order valence-electron chi connectivity index (χ4n) is 3.73. The number of hydrogen-bond donors (Lipinski definition) is 1. The van der Waals surface area contributed by atoms with Gasteiger partial charge in [0.25, 0.3) is 0 Å². The van der Waals surface area contributed by atoms with E-state index in [1.54, 1.807) is 35.2 Å². The Kier molecular flexibility index (Phi) is 10.0. The van der Waals surface area contributed by atoms with E-state index in [1.807, 2.05) is 56.3 Å². The van der Waals surface area contributed by atoms with Gasteiger partial charge in [0.1, 0.15) is 6.04 Å². The van der Waals surface area contributed by atoms with E-state index in [0.29, 0.717) is 33.6 Å². The van der Waals surface area contributed by atoms with Crippen molar-refractivity contribution in [1.82, 2.24) is 10.2 Å². The summed E-state index contributed by atoms with van der Waals surface area (Å²) < 4.78 is 0. The summed E-state index contributed by atoms with van der Waals surface area (Å²) in [7, 11) is 0. The number of nitrogens with one attached hydrogen (secondary N) is 1. The van der Waals surface area contributed by atoms with Crippen LogP contribution in [0.4, 0.5) is 0 Å². The maximum Gasteiger partial charge on any atom is 0.243 e. The van der Waals surface area contributed by atoms with Gasteiger partial charge >= 0.3 is 0 Å². The molecule has 3 rings (SSSR count). The zero-order valence-electron chi connectivity index (χ0n) is 19.8. The van der Waals surface area contributed by atoms with Gasteiger partial charge in [-0.2, -0.15) is 0 Å². The molecule has 0 aliphatic carbocycles. The van der Waals surface area contributed by atoms with E-state index in [1.165, 1.54) is 0 Å². The second-order valence-corrected chi connectivity index (χ2v) is 10.2. The molecule has 0 radical (unpaired) electrons. The molecule has 0 saturated carbocycles. The quantitative estimate of drug-likeness (QED) is 0.320. The lowest BCUT2D eigenvalue weighted by atomic mass is 10.0. The lowest BCUT2D eigenvalue weighted by molar-refractivity contribution is -0.140. The lowest BCUT2D eigenvalue weighted by Gasteiger charge is -2.32. The van der Waals surface area contributed by atoms with Crippen LogP contribution in [0.3, 0.4) is 0 Å². The minimum atomic E-state index is -0.727. The summed E-state index contributed by atoms with van der Waals surface area (Å²) >= 11 is 18.7. The largest absolute Gasteiger partial charge is 0.354 e. The van der Waals surface area contributed by atoms with Crippen molar-refractivity contribution in [2.24, 2.45) is 5.92 Å². The van der Waals surface area contributed by atoms with E-state index in [0.717, 1.165) is 11.1 Å². The average Bonchev–Trinajstić information content (AvgIpc) is 2.81. The maximum atomic E-state index is 13.7. The molecule has 0 aromatic heterocycles. The summed E-state index contributed by atoms with van der Waals surface area (Å²) in [5.41, 5.74) is 2.45. The third kappa shape index (κ3) is 8.28. The Balaban J connectivity index is 1.98. The van der Waals surface area contributed by atoms with Gasteiger partial charge in [-0.1, -0.05) is 97.2 Å². The first-order valence-electron chi connectivity index (χ1n) is 11.5. The van der Waals surface area contributed by atoms with Crippen LogP contribution < -0.4 is 5.32 Å². The van der Waals surface area contributed by atoms with Crippen molar-refractivity contribution in [3.8, 4) is 0 Å². The molecule has 0 saturated heterocycles. The first-order valence-corrected chi connectivity index (χ1v) is 12.7. The number of carbonyl (C=O) groups excluding carboxylic acids is 2. The summed E-state index contributed by atoms with van der Waals surface area (Å²) in [6.07, 6.45) is 0.478. The molecule has 3 aromatic carbocycles. The highest BCUT2D eigenvalue weighted by Crippen LogP contribution is 2.25. The molecule has 0 aliphatic rings. The minimum Gasteiger partial charge on any atom is -0.354 e. The Morgan fingerprint density at radius 3 is 2.20 bits per heavy atom. The SMILES string of the molecule is CC(C)CNC(=O)[C@@H](Cc1ccccc1)N(Cc1ccc(Cl)cc1Cl)C(=O)Cc1cccc(Cl)c1. The van der Waals surface area contributed by atoms with E-state index in [4.69, 9.17) is 34.8 Å². The molecule has 0 spiro atoms. The maximum absolute atomic E-state index is 13.7. The van der Waals surface area contributed by atoms with Crippen molar-refractivity contribution in [2.75, 3.05) is 6.54 Å². The molecule has 1 N–H and O–H groups in total. The van der Waals surface area contributed by atoms with Crippen molar-refractivity contribution >= 4 is 46.6 Å². The fourth-order valence-corrected chi connectivity index (χ4v) is 4.41. The number of carbonyl (C=O) groups is 2. The molecule has 0 aliphatic heterocycles. The molecule has 1 atom stereocenters. The van der Waals surface area contributed by atoms with Gasteiger partial charge in [-0.25, -0.2) is 0 Å². The predicted octanol–water partition coefficient (Wildman–Crippen LogP) is 6.60. The Labute approximate surface area is 222 Å². The van der Waals surface area contributed by atoms with Crippen LogP contribution in [-0.2, 0) is 29.0 Å². The fraction of sp³-hybridized carbons (Fsp3) is 0.286. The standard InChI is InChI=1S/C28H29Cl3N2O2/c1-19(2)17-32-28(35)26(14-20-7-4-3-5-8-20)33(18-22-11-12-24(30)16-25(22)31)27(34)15-21-9-6-10-23(29)13-21/h3-13,16,19,26H,14-15,17-18H2,1-2H3,(H,32,35)/t26-/m1/s1. The Morgan fingerprint density at radius 2 is 1.54 bits per heavy atom. The number of rotatable bonds is 10. The molecule has 184 valence electrons. The highest BCUT2D eigenvalue weighted by atomic mass is 35.5. The molecule has 0 fully saturated rings. The molecular formula is C28H29Cl3N2O2. The van der Waals surface area contributed by atoms with Crippen molar-refractivity contribution in [2.45, 2.75) is 39.3 Å². The van der Waals surface area contributed by atoms with Crippen molar-refractivity contribution < 1.29 is 9.59 Å². The van der Waals surface area contributed by atoms with Crippen LogP contribution in [0.5, 0.6) is 0 Å². The molecule has 0 heterocycles. The topological polar surface area (TPSA) is 49.4 Å². The van der Waals surface area contributed by atoms with Crippen molar-refractivity contribution in [3.05, 3.63) is 105 Å². The highest BCUT2D eigenvalue weighted by molar-refractivity contribution is 6.35. The molecule has 3 aromatic rings. The first kappa shape index (κ1) is 27.1. The van der Waals surface area contributed by atoms with E-state index >= 15 is 0 Å². The van der Waals surface area contributed by atoms with Crippen LogP contribution in [-0.4, -0.2) is 29.3 Å². The van der Waals surface area contributed by atoms with E-state index in [9.17, 15) is 9.59 Å². The number of benzene rings is 3. The molecule has 7 heteroatoms. The summed E-state index contributed by atoms with van der Waals surface area (Å²) in [4.78, 5) is 28.8. The van der Waals surface area contributed by atoms with Gasteiger partial charge in [-0.05, 0) is 46.9 Å². The van der Waals surface area contributed by atoms with Gasteiger partial charge in [0.15, 0.2) is 0 Å². The van der Waals surface area contributed by atoms with Gasteiger partial charge < -0.3 is 10.2 Å². The minimum absolute atomic E-state index is 0.106. The van der Waals surface area contributed by atoms with Gasteiger partial charge in [0, 0.05) is 34.6 Å². The third-order valence-electron chi connectivity index (χ3n) is 5.56. The number of hydrogen-bond acceptors (Lipinski definition) is 2. The molecular weight excluding hydrogens is 503 g/mol. The third-order valence-corrected chi connectivity index (χ3v) is 6.38. The van der Waals surface area contributed by atoms with Gasteiger partial charge in [-0.15, -0.1) is 0 Å². The Bertz CT molecular complexity index is 1150. The zero-order chi connectivity index (χ0) is 25.4. The van der Waals surface area contributed by atoms with Gasteiger partial charge in [-0.3, -0.25) is 9.59 Å². The number of halogens is 3. The molecule has 2 amide bonds. The van der Waals surface area contributed by atoms with Crippen LogP contribution in [0.2, 0.25) is 15.1 Å². The highest BCUT2D eigenvalue weighted by Gasteiger charge is 2.31. The average molecular weight is 532 g/mol. The van der Waals surface area contributed by atoms with Crippen molar-refractivity contribution in [3.63, 3.8) is 0 Å². The van der Waals surface area contributed by atoms with Gasteiger partial charge in [0.05, 0.1) is 6.42 Å². The molecule has 4 nitrogen and oxygen atoms in total.